The molecule has 5 heteroatoms. The van der Waals surface area contributed by atoms with E-state index in [9.17, 15) is 9.90 Å². The Bertz CT molecular complexity index is 1010. The minimum atomic E-state index is -1.09. The zero-order valence-corrected chi connectivity index (χ0v) is 14.5. The lowest BCUT2D eigenvalue weighted by Gasteiger charge is -2.21. The van der Waals surface area contributed by atoms with Gasteiger partial charge < -0.3 is 14.8 Å². The lowest BCUT2D eigenvalue weighted by Crippen LogP contribution is -2.36. The molecule has 1 aliphatic rings. The standard InChI is InChI=1S/C20H16N2O2S/c1-21-11-10-14(15-6-2-3-7-16(15)21)12-19-22(13-20(23)24)17-8-4-5-9-18(17)25-19/h2-12H,13H2,1H3. The Hall–Kier alpha value is -2.79. The normalized spacial score (nSPS) is 14.9. The van der Waals surface area contributed by atoms with Crippen LogP contribution in [0.5, 0.6) is 0 Å². The third-order valence-electron chi connectivity index (χ3n) is 4.28. The molecule has 1 aliphatic heterocycles. The fourth-order valence-corrected chi connectivity index (χ4v) is 4.21. The number of hydrogen-bond donors (Lipinski definition) is 0. The number of nitrogens with zero attached hydrogens (tertiary/aromatic N) is 2. The summed E-state index contributed by atoms with van der Waals surface area (Å²) in [5, 5.41) is 13.3. The van der Waals surface area contributed by atoms with Crippen LogP contribution in [0.2, 0.25) is 0 Å². The number of pyridine rings is 1. The number of thioether (sulfide) groups is 1. The third kappa shape index (κ3) is 2.87. The van der Waals surface area contributed by atoms with Gasteiger partial charge in [-0.2, -0.15) is 0 Å². The van der Waals surface area contributed by atoms with Crippen LogP contribution in [0, 0.1) is 0 Å². The van der Waals surface area contributed by atoms with E-state index in [0.717, 1.165) is 32.1 Å². The van der Waals surface area contributed by atoms with E-state index in [1.54, 1.807) is 16.7 Å². The predicted molar refractivity (Wildman–Crippen MR) is 97.8 cm³/mol. The summed E-state index contributed by atoms with van der Waals surface area (Å²) in [4.78, 5) is 14.1. The minimum absolute atomic E-state index is 0.158. The molecule has 0 spiro atoms. The maximum Gasteiger partial charge on any atom is 0.212 e. The summed E-state index contributed by atoms with van der Waals surface area (Å²) in [6.07, 6.45) is 4.07. The second-order valence-electron chi connectivity index (χ2n) is 5.91. The van der Waals surface area contributed by atoms with E-state index in [2.05, 4.69) is 28.8 Å². The highest BCUT2D eigenvalue weighted by atomic mass is 32.2. The molecule has 1 aromatic heterocycles. The molecule has 2 heterocycles. The Morgan fingerprint density at radius 3 is 2.76 bits per heavy atom. The van der Waals surface area contributed by atoms with Gasteiger partial charge in [-0.3, -0.25) is 0 Å². The van der Waals surface area contributed by atoms with E-state index in [1.165, 1.54) is 0 Å². The summed E-state index contributed by atoms with van der Waals surface area (Å²) in [5.74, 6) is -1.09. The van der Waals surface area contributed by atoms with Gasteiger partial charge in [-0.1, -0.05) is 36.0 Å². The van der Waals surface area contributed by atoms with Crippen molar-refractivity contribution in [1.29, 1.82) is 0 Å². The second-order valence-corrected chi connectivity index (χ2v) is 6.97. The zero-order chi connectivity index (χ0) is 17.4. The lowest BCUT2D eigenvalue weighted by molar-refractivity contribution is -0.644. The van der Waals surface area contributed by atoms with Gasteiger partial charge >= 0.3 is 0 Å². The number of benzene rings is 2. The van der Waals surface area contributed by atoms with Gasteiger partial charge in [-0.05, 0) is 29.8 Å². The number of aromatic nitrogens is 1. The molecule has 0 saturated carbocycles. The monoisotopic (exact) mass is 348 g/mol. The van der Waals surface area contributed by atoms with E-state index in [-0.39, 0.29) is 6.54 Å². The first-order chi connectivity index (χ1) is 12.1. The van der Waals surface area contributed by atoms with Crippen LogP contribution in [0.1, 0.15) is 5.56 Å². The number of anilines is 1. The number of aryl methyl sites for hydroxylation is 1. The van der Waals surface area contributed by atoms with E-state index in [0.29, 0.717) is 0 Å². The number of fused-ring (bicyclic) bond motifs is 2. The molecule has 25 heavy (non-hydrogen) atoms. The van der Waals surface area contributed by atoms with Gasteiger partial charge in [0.05, 0.1) is 28.6 Å². The van der Waals surface area contributed by atoms with Crippen LogP contribution in [0.4, 0.5) is 5.69 Å². The number of rotatable bonds is 3. The molecule has 0 saturated heterocycles. The zero-order valence-electron chi connectivity index (χ0n) is 13.7. The average molecular weight is 348 g/mol. The number of carbonyl (C=O) groups excluding carboxylic acids is 1. The van der Waals surface area contributed by atoms with Crippen molar-refractivity contribution >= 4 is 40.4 Å². The van der Waals surface area contributed by atoms with Crippen LogP contribution in [0.25, 0.3) is 17.0 Å². The third-order valence-corrected chi connectivity index (χ3v) is 5.39. The molecule has 2 aromatic carbocycles. The summed E-state index contributed by atoms with van der Waals surface area (Å²) in [7, 11) is 2.02. The Balaban J connectivity index is 1.84. The molecular formula is C20H16N2O2S. The number of carboxylic acid groups (broad SMARTS) is 1. The largest absolute Gasteiger partial charge is 0.548 e. The fourth-order valence-electron chi connectivity index (χ4n) is 3.10. The molecule has 0 fully saturated rings. The van der Waals surface area contributed by atoms with E-state index in [1.807, 2.05) is 49.6 Å². The maximum absolute atomic E-state index is 11.2. The van der Waals surface area contributed by atoms with Crippen LogP contribution >= 0.6 is 11.8 Å². The van der Waals surface area contributed by atoms with Gasteiger partial charge in [0.1, 0.15) is 7.05 Å². The molecule has 0 bridgehead atoms. The van der Waals surface area contributed by atoms with Crippen LogP contribution in [0.15, 0.2) is 70.7 Å². The highest BCUT2D eigenvalue weighted by Crippen LogP contribution is 2.46. The highest BCUT2D eigenvalue weighted by molar-refractivity contribution is 8.03. The van der Waals surface area contributed by atoms with Crippen molar-refractivity contribution in [3.63, 3.8) is 0 Å². The molecule has 0 aliphatic carbocycles. The second kappa shape index (κ2) is 6.26. The highest BCUT2D eigenvalue weighted by Gasteiger charge is 2.25. The SMILES string of the molecule is C[n+]1ccc(/C=C2\Sc3ccccc3N2CC(=O)[O-])c2ccccc21. The molecule has 0 radical (unpaired) electrons. The Kier molecular flexibility index (Phi) is 3.93. The first-order valence-electron chi connectivity index (χ1n) is 7.97. The first kappa shape index (κ1) is 15.7. The van der Waals surface area contributed by atoms with Gasteiger partial charge in [0.25, 0.3) is 0 Å². The van der Waals surface area contributed by atoms with Crippen molar-refractivity contribution in [2.24, 2.45) is 7.05 Å². The van der Waals surface area contributed by atoms with Crippen molar-refractivity contribution in [2.75, 3.05) is 11.4 Å². The van der Waals surface area contributed by atoms with Gasteiger partial charge in [0, 0.05) is 17.0 Å². The topological polar surface area (TPSA) is 47.2 Å². The summed E-state index contributed by atoms with van der Waals surface area (Å²) in [6.45, 7) is -0.158. The number of aliphatic carboxylic acids is 1. The molecule has 0 amide bonds. The fraction of sp³-hybridized carbons (Fsp3) is 0.100. The smallest absolute Gasteiger partial charge is 0.212 e. The van der Waals surface area contributed by atoms with Gasteiger partial charge in [-0.15, -0.1) is 0 Å². The molecule has 0 unspecified atom stereocenters. The average Bonchev–Trinajstić information content (AvgIpc) is 2.95. The summed E-state index contributed by atoms with van der Waals surface area (Å²) < 4.78 is 2.08. The number of hydrogen-bond acceptors (Lipinski definition) is 4. The van der Waals surface area contributed by atoms with Crippen molar-refractivity contribution in [1.82, 2.24) is 0 Å². The summed E-state index contributed by atoms with van der Waals surface area (Å²) in [6, 6.07) is 18.1. The first-order valence-corrected chi connectivity index (χ1v) is 8.78. The molecule has 4 nitrogen and oxygen atoms in total. The Morgan fingerprint density at radius 1 is 1.16 bits per heavy atom. The lowest BCUT2D eigenvalue weighted by atomic mass is 10.1. The van der Waals surface area contributed by atoms with Crippen molar-refractivity contribution in [3.8, 4) is 0 Å². The van der Waals surface area contributed by atoms with Crippen LogP contribution in [-0.4, -0.2) is 12.5 Å². The maximum atomic E-state index is 11.2. The molecule has 124 valence electrons. The molecule has 3 aromatic rings. The van der Waals surface area contributed by atoms with Crippen LogP contribution in [0.3, 0.4) is 0 Å². The number of para-hydroxylation sites is 2. The van der Waals surface area contributed by atoms with E-state index >= 15 is 0 Å². The van der Waals surface area contributed by atoms with Gasteiger partial charge in [-0.25, -0.2) is 4.57 Å². The summed E-state index contributed by atoms with van der Waals surface area (Å²) >= 11 is 1.58. The number of carboxylic acids is 1. The van der Waals surface area contributed by atoms with Gasteiger partial charge in [0.2, 0.25) is 5.52 Å². The van der Waals surface area contributed by atoms with Crippen molar-refractivity contribution in [3.05, 3.63) is 71.4 Å². The molecule has 4 rings (SSSR count). The van der Waals surface area contributed by atoms with E-state index < -0.39 is 5.97 Å². The van der Waals surface area contributed by atoms with Gasteiger partial charge in [0.15, 0.2) is 6.20 Å². The molecule has 0 N–H and O–H groups in total. The minimum Gasteiger partial charge on any atom is -0.548 e. The predicted octanol–water partition coefficient (Wildman–Crippen LogP) is 2.32. The van der Waals surface area contributed by atoms with Crippen molar-refractivity contribution in [2.45, 2.75) is 4.90 Å². The Labute approximate surface area is 150 Å². The Morgan fingerprint density at radius 2 is 1.92 bits per heavy atom. The van der Waals surface area contributed by atoms with Crippen LogP contribution < -0.4 is 14.6 Å². The quantitative estimate of drug-likeness (QED) is 0.682. The van der Waals surface area contributed by atoms with Crippen molar-refractivity contribution < 1.29 is 14.5 Å². The number of carbonyl (C=O) groups is 1. The molecular weight excluding hydrogens is 332 g/mol. The van der Waals surface area contributed by atoms with Crippen LogP contribution in [-0.2, 0) is 11.8 Å². The molecule has 0 atom stereocenters. The summed E-state index contributed by atoms with van der Waals surface area (Å²) in [5.41, 5.74) is 3.10. The van der Waals surface area contributed by atoms with E-state index in [4.69, 9.17) is 0 Å².